The van der Waals surface area contributed by atoms with Crippen molar-refractivity contribution < 1.29 is 14.4 Å². The molecule has 26 heavy (non-hydrogen) atoms. The van der Waals surface area contributed by atoms with Gasteiger partial charge < -0.3 is 21.3 Å². The zero-order valence-corrected chi connectivity index (χ0v) is 14.5. The number of nitrogens with one attached hydrogen (secondary N) is 3. The van der Waals surface area contributed by atoms with Crippen LogP contribution in [0.1, 0.15) is 25.3 Å². The lowest BCUT2D eigenvalue weighted by Gasteiger charge is -2.27. The van der Waals surface area contributed by atoms with E-state index < -0.39 is 11.9 Å². The van der Waals surface area contributed by atoms with Crippen molar-refractivity contribution in [2.75, 3.05) is 18.4 Å². The minimum Gasteiger partial charge on any atom is -0.374 e. The van der Waals surface area contributed by atoms with E-state index in [1.807, 2.05) is 6.92 Å². The molecule has 1 aromatic rings. The average molecular weight is 358 g/mol. The fourth-order valence-electron chi connectivity index (χ4n) is 3.49. The highest BCUT2D eigenvalue weighted by Crippen LogP contribution is 2.47. The third kappa shape index (κ3) is 3.37. The highest BCUT2D eigenvalue weighted by molar-refractivity contribution is 6.44. The van der Waals surface area contributed by atoms with Crippen molar-refractivity contribution in [3.63, 3.8) is 0 Å². The van der Waals surface area contributed by atoms with Crippen molar-refractivity contribution in [2.45, 2.75) is 31.8 Å². The predicted molar refractivity (Wildman–Crippen MR) is 94.6 cm³/mol. The van der Waals surface area contributed by atoms with Crippen LogP contribution in [0.4, 0.5) is 5.69 Å². The highest BCUT2D eigenvalue weighted by atomic mass is 16.2. The summed E-state index contributed by atoms with van der Waals surface area (Å²) in [4.78, 5) is 41.8. The number of aromatic nitrogens is 1. The summed E-state index contributed by atoms with van der Waals surface area (Å²) in [5.74, 6) is -0.761. The second-order valence-electron chi connectivity index (χ2n) is 6.52. The van der Waals surface area contributed by atoms with Crippen LogP contribution in [0.15, 0.2) is 18.5 Å². The van der Waals surface area contributed by atoms with Crippen LogP contribution in [0, 0.1) is 11.3 Å². The van der Waals surface area contributed by atoms with E-state index in [2.05, 4.69) is 15.6 Å². The Morgan fingerprint density at radius 3 is 2.85 bits per heavy atom. The molecule has 2 fully saturated rings. The van der Waals surface area contributed by atoms with Gasteiger partial charge in [0.05, 0.1) is 18.4 Å². The maximum Gasteiger partial charge on any atom is 0.267 e. The summed E-state index contributed by atoms with van der Waals surface area (Å²) in [7, 11) is 0. The molecular formula is C17H22N6O3. The highest BCUT2D eigenvalue weighted by Gasteiger charge is 2.55. The van der Waals surface area contributed by atoms with Crippen LogP contribution in [0.3, 0.4) is 0 Å². The van der Waals surface area contributed by atoms with Gasteiger partial charge in [-0.05, 0) is 31.7 Å². The Morgan fingerprint density at radius 1 is 1.38 bits per heavy atom. The van der Waals surface area contributed by atoms with Gasteiger partial charge in [-0.3, -0.25) is 24.8 Å². The summed E-state index contributed by atoms with van der Waals surface area (Å²) < 4.78 is 0. The molecule has 5 N–H and O–H groups in total. The van der Waals surface area contributed by atoms with Crippen LogP contribution in [-0.4, -0.2) is 58.5 Å². The molecule has 0 aromatic carbocycles. The molecule has 0 bridgehead atoms. The zero-order valence-electron chi connectivity index (χ0n) is 14.5. The molecule has 3 atom stereocenters. The molecule has 1 saturated carbocycles. The molecule has 0 radical (unpaired) electrons. The predicted octanol–water partition coefficient (Wildman–Crippen LogP) is -0.528. The number of amides is 3. The molecule has 1 aliphatic carbocycles. The number of pyridine rings is 1. The molecule has 1 aliphatic heterocycles. The van der Waals surface area contributed by atoms with Gasteiger partial charge in [-0.2, -0.15) is 0 Å². The lowest BCUT2D eigenvalue weighted by Crippen LogP contribution is -2.49. The Hall–Kier alpha value is -2.97. The number of rotatable bonds is 7. The lowest BCUT2D eigenvalue weighted by molar-refractivity contribution is -0.138. The minimum atomic E-state index is -0.859. The third-order valence-corrected chi connectivity index (χ3v) is 4.81. The number of hydrogen-bond acceptors (Lipinski definition) is 6. The number of piperidine rings is 1. The number of carbonyl (C=O) groups excluding carboxylic acids is 3. The third-order valence-electron chi connectivity index (χ3n) is 4.81. The van der Waals surface area contributed by atoms with Crippen LogP contribution >= 0.6 is 0 Å². The van der Waals surface area contributed by atoms with Crippen LogP contribution in [0.25, 0.3) is 0 Å². The average Bonchev–Trinajstić information content (AvgIpc) is 3.29. The molecule has 138 valence electrons. The van der Waals surface area contributed by atoms with Gasteiger partial charge in [-0.15, -0.1) is 0 Å². The van der Waals surface area contributed by atoms with E-state index in [1.54, 1.807) is 4.90 Å². The number of likely N-dealkylation sites (N-methyl/N-ethyl adjacent to an activating group) is 1. The molecule has 1 aromatic heterocycles. The molecule has 3 amide bonds. The monoisotopic (exact) mass is 358 g/mol. The number of primary amides is 1. The molecule has 9 nitrogen and oxygen atoms in total. The van der Waals surface area contributed by atoms with E-state index in [4.69, 9.17) is 11.1 Å². The van der Waals surface area contributed by atoms with Gasteiger partial charge >= 0.3 is 0 Å². The number of likely N-dealkylation sites (tertiary alicyclic amines) is 1. The van der Waals surface area contributed by atoms with Crippen molar-refractivity contribution >= 4 is 29.1 Å². The Bertz CT molecular complexity index is 765. The largest absolute Gasteiger partial charge is 0.374 e. The molecule has 9 heteroatoms. The number of nitrogens with two attached hydrogens (primary N) is 1. The van der Waals surface area contributed by atoms with Gasteiger partial charge in [0.25, 0.3) is 5.91 Å². The van der Waals surface area contributed by atoms with Gasteiger partial charge in [0.1, 0.15) is 11.8 Å². The standard InChI is InChI=1S/C17H22N6O3/c1-2-21-17(26)13-6-9-5-12(9)23(13)14(24)8-22-11-7-20-4-3-10(11)15(18)16(19)25/h3-4,7,9,12-13,18,22H,2,5-6,8H2,1H3,(H2,19,25)(H,21,26)/t9-,12-,13+/m1/s1. The Morgan fingerprint density at radius 2 is 2.15 bits per heavy atom. The van der Waals surface area contributed by atoms with E-state index in [0.29, 0.717) is 24.6 Å². The molecule has 2 heterocycles. The lowest BCUT2D eigenvalue weighted by atomic mass is 10.1. The zero-order chi connectivity index (χ0) is 18.8. The molecule has 2 aliphatic rings. The molecular weight excluding hydrogens is 336 g/mol. The normalized spacial score (nSPS) is 23.1. The smallest absolute Gasteiger partial charge is 0.267 e. The van der Waals surface area contributed by atoms with E-state index in [9.17, 15) is 14.4 Å². The quantitative estimate of drug-likeness (QED) is 0.485. The maximum absolute atomic E-state index is 12.7. The van der Waals surface area contributed by atoms with Crippen LogP contribution in [-0.2, 0) is 14.4 Å². The molecule has 0 unspecified atom stereocenters. The minimum absolute atomic E-state index is 0.0517. The number of hydrogen-bond donors (Lipinski definition) is 4. The van der Waals surface area contributed by atoms with Crippen molar-refractivity contribution in [1.29, 1.82) is 5.41 Å². The Kier molecular flexibility index (Phi) is 4.88. The molecule has 3 rings (SSSR count). The van der Waals surface area contributed by atoms with Crippen molar-refractivity contribution in [3.05, 3.63) is 24.0 Å². The Labute approximate surface area is 150 Å². The summed E-state index contributed by atoms with van der Waals surface area (Å²) in [6.45, 7) is 2.32. The summed E-state index contributed by atoms with van der Waals surface area (Å²) >= 11 is 0. The summed E-state index contributed by atoms with van der Waals surface area (Å²) in [5.41, 5.74) is 5.47. The van der Waals surface area contributed by atoms with Crippen LogP contribution in [0.2, 0.25) is 0 Å². The van der Waals surface area contributed by atoms with E-state index in [-0.39, 0.29) is 35.7 Å². The van der Waals surface area contributed by atoms with Gasteiger partial charge in [-0.25, -0.2) is 0 Å². The SMILES string of the molecule is CCNC(=O)[C@@H]1C[C@H]2C[C@H]2N1C(=O)CNc1cnccc1C(=N)C(N)=O. The van der Waals surface area contributed by atoms with Gasteiger partial charge in [-0.1, -0.05) is 0 Å². The van der Waals surface area contributed by atoms with Gasteiger partial charge in [0.2, 0.25) is 11.8 Å². The van der Waals surface area contributed by atoms with Crippen molar-refractivity contribution in [2.24, 2.45) is 11.7 Å². The molecule has 0 spiro atoms. The first-order chi connectivity index (χ1) is 12.4. The second kappa shape index (κ2) is 7.11. The van der Waals surface area contributed by atoms with Crippen molar-refractivity contribution in [3.8, 4) is 0 Å². The fraction of sp³-hybridized carbons (Fsp3) is 0.471. The fourth-order valence-corrected chi connectivity index (χ4v) is 3.49. The van der Waals surface area contributed by atoms with E-state index >= 15 is 0 Å². The first kappa shape index (κ1) is 17.8. The molecule has 1 saturated heterocycles. The first-order valence-electron chi connectivity index (χ1n) is 8.59. The summed E-state index contributed by atoms with van der Waals surface area (Å²) in [6.07, 6.45) is 4.52. The van der Waals surface area contributed by atoms with Gasteiger partial charge in [0, 0.05) is 24.3 Å². The Balaban J connectivity index is 1.68. The number of fused-ring (bicyclic) bond motifs is 1. The number of carbonyl (C=O) groups is 3. The number of anilines is 1. The van der Waals surface area contributed by atoms with Crippen LogP contribution < -0.4 is 16.4 Å². The number of nitrogens with zero attached hydrogens (tertiary/aromatic N) is 2. The van der Waals surface area contributed by atoms with Crippen LogP contribution in [0.5, 0.6) is 0 Å². The summed E-state index contributed by atoms with van der Waals surface area (Å²) in [6, 6.07) is 1.20. The van der Waals surface area contributed by atoms with E-state index in [1.165, 1.54) is 18.5 Å². The van der Waals surface area contributed by atoms with Gasteiger partial charge in [0.15, 0.2) is 0 Å². The van der Waals surface area contributed by atoms with Crippen molar-refractivity contribution in [1.82, 2.24) is 15.2 Å². The second-order valence-corrected chi connectivity index (χ2v) is 6.52. The first-order valence-corrected chi connectivity index (χ1v) is 8.59. The summed E-state index contributed by atoms with van der Waals surface area (Å²) in [5, 5.41) is 13.5. The maximum atomic E-state index is 12.7. The van der Waals surface area contributed by atoms with E-state index in [0.717, 1.165) is 6.42 Å². The topological polar surface area (TPSA) is 141 Å².